The Morgan fingerprint density at radius 1 is 1.27 bits per heavy atom. The normalized spacial score (nSPS) is 25.9. The lowest BCUT2D eigenvalue weighted by atomic mass is 10.2. The number of likely N-dealkylation sites (tertiary alicyclic amines) is 1. The first kappa shape index (κ1) is 9.23. The fraction of sp³-hybridized carbons (Fsp3) is 1.00. The molecule has 0 aromatic carbocycles. The largest absolute Gasteiger partial charge is 0.379 e. The molecule has 0 aromatic rings. The van der Waals surface area contributed by atoms with E-state index in [1.807, 2.05) is 6.92 Å². The summed E-state index contributed by atoms with van der Waals surface area (Å²) in [5.41, 5.74) is 0. The minimum Gasteiger partial charge on any atom is -0.379 e. The average molecular weight is 173 g/mol. The molecule has 0 radical (unpaired) electrons. The smallest absolute Gasteiger partial charge is 0.101 e. The summed E-state index contributed by atoms with van der Waals surface area (Å²) in [5, 5.41) is 9.66. The van der Waals surface area contributed by atoms with E-state index >= 15 is 0 Å². The molecule has 1 aliphatic rings. The summed E-state index contributed by atoms with van der Waals surface area (Å²) in [5.74, 6) is 0. The Morgan fingerprint density at radius 3 is 1.82 bits per heavy atom. The van der Waals surface area contributed by atoms with Crippen LogP contribution in [-0.2, 0) is 0 Å². The molecule has 0 saturated carbocycles. The molecule has 0 spiro atoms. The molecule has 1 aliphatic heterocycles. The molecule has 1 unspecified atom stereocenters. The van der Waals surface area contributed by atoms with Crippen molar-refractivity contribution < 1.29 is 5.11 Å². The first-order valence-electron chi connectivity index (χ1n) is 4.33. The second-order valence-electron chi connectivity index (χ2n) is 4.61. The van der Waals surface area contributed by atoms with E-state index in [2.05, 4.69) is 24.5 Å². The van der Waals surface area contributed by atoms with Crippen molar-refractivity contribution in [2.45, 2.75) is 38.3 Å². The zero-order chi connectivity index (χ0) is 8.70. The van der Waals surface area contributed by atoms with Crippen molar-refractivity contribution in [2.75, 3.05) is 13.1 Å². The van der Waals surface area contributed by atoms with Gasteiger partial charge in [0.15, 0.2) is 0 Å². The van der Waals surface area contributed by atoms with E-state index in [1.54, 1.807) is 0 Å². The highest BCUT2D eigenvalue weighted by Gasteiger charge is 2.44. The van der Waals surface area contributed by atoms with Gasteiger partial charge in [-0.15, -0.1) is 0 Å². The van der Waals surface area contributed by atoms with Gasteiger partial charge in [-0.2, -0.15) is 0 Å². The van der Waals surface area contributed by atoms with Crippen LogP contribution >= 0.6 is 0 Å². The van der Waals surface area contributed by atoms with Gasteiger partial charge in [0.05, 0.1) is 0 Å². The van der Waals surface area contributed by atoms with E-state index in [9.17, 15) is 5.11 Å². The fourth-order valence-corrected chi connectivity index (χ4v) is 2.40. The second-order valence-corrected chi connectivity index (χ2v) is 10.1. The van der Waals surface area contributed by atoms with Gasteiger partial charge in [-0.25, -0.2) is 0 Å². The first-order chi connectivity index (χ1) is 4.86. The summed E-state index contributed by atoms with van der Waals surface area (Å²) in [6.45, 7) is 10.8. The Bertz CT molecular complexity index is 147. The van der Waals surface area contributed by atoms with Gasteiger partial charge in [0.25, 0.3) is 0 Å². The Labute approximate surface area is 70.2 Å². The van der Waals surface area contributed by atoms with E-state index in [0.717, 1.165) is 13.1 Å². The van der Waals surface area contributed by atoms with Crippen LogP contribution in [0.4, 0.5) is 0 Å². The second kappa shape index (κ2) is 2.57. The minimum atomic E-state index is -1.44. The third kappa shape index (κ3) is 1.50. The maximum absolute atomic E-state index is 10.2. The van der Waals surface area contributed by atoms with Crippen LogP contribution < -0.4 is 0 Å². The first-order valence-corrected chi connectivity index (χ1v) is 7.83. The summed E-state index contributed by atoms with van der Waals surface area (Å²) in [6, 6.07) is 0. The zero-order valence-electron chi connectivity index (χ0n) is 8.02. The van der Waals surface area contributed by atoms with E-state index in [-0.39, 0.29) is 0 Å². The predicted octanol–water partition coefficient (Wildman–Crippen LogP) is 1.28. The topological polar surface area (TPSA) is 23.5 Å². The maximum Gasteiger partial charge on any atom is 0.101 e. The van der Waals surface area contributed by atoms with Gasteiger partial charge in [0.2, 0.25) is 0 Å². The molecule has 1 N–H and O–H groups in total. The molecule has 1 saturated heterocycles. The zero-order valence-corrected chi connectivity index (χ0v) is 9.02. The van der Waals surface area contributed by atoms with Gasteiger partial charge in [-0.05, 0) is 13.3 Å². The van der Waals surface area contributed by atoms with Crippen molar-refractivity contribution in [1.82, 2.24) is 4.90 Å². The predicted molar refractivity (Wildman–Crippen MR) is 50.2 cm³/mol. The molecule has 1 heterocycles. The molecule has 0 aliphatic carbocycles. The highest BCUT2D eigenvalue weighted by molar-refractivity contribution is 6.78. The van der Waals surface area contributed by atoms with Crippen molar-refractivity contribution in [3.05, 3.63) is 0 Å². The SMILES string of the molecule is CC(O)(N1CCC1)[Si](C)(C)C. The van der Waals surface area contributed by atoms with Crippen LogP contribution in [-0.4, -0.2) is 36.5 Å². The molecule has 3 heteroatoms. The average Bonchev–Trinajstić information content (AvgIpc) is 1.53. The number of hydrogen-bond donors (Lipinski definition) is 1. The summed E-state index contributed by atoms with van der Waals surface area (Å²) in [4.78, 5) is 2.19. The monoisotopic (exact) mass is 173 g/mol. The van der Waals surface area contributed by atoms with Gasteiger partial charge in [0, 0.05) is 13.1 Å². The molecule has 2 nitrogen and oxygen atoms in total. The van der Waals surface area contributed by atoms with Crippen LogP contribution in [0.25, 0.3) is 0 Å². The molecular weight excluding hydrogens is 154 g/mol. The lowest BCUT2D eigenvalue weighted by molar-refractivity contribution is -0.0668. The van der Waals surface area contributed by atoms with Crippen LogP contribution in [0.1, 0.15) is 13.3 Å². The van der Waals surface area contributed by atoms with Crippen LogP contribution in [0.5, 0.6) is 0 Å². The van der Waals surface area contributed by atoms with Gasteiger partial charge in [-0.3, -0.25) is 4.90 Å². The summed E-state index contributed by atoms with van der Waals surface area (Å²) in [6.07, 6.45) is 1.25. The molecule has 66 valence electrons. The molecule has 1 rings (SSSR count). The van der Waals surface area contributed by atoms with E-state index < -0.39 is 13.4 Å². The molecule has 11 heavy (non-hydrogen) atoms. The van der Waals surface area contributed by atoms with Gasteiger partial charge in [0.1, 0.15) is 13.4 Å². The van der Waals surface area contributed by atoms with Crippen molar-refractivity contribution in [2.24, 2.45) is 0 Å². The molecule has 0 bridgehead atoms. The Morgan fingerprint density at radius 2 is 1.73 bits per heavy atom. The molecule has 0 amide bonds. The van der Waals surface area contributed by atoms with E-state index in [4.69, 9.17) is 0 Å². The van der Waals surface area contributed by atoms with Crippen LogP contribution in [0, 0.1) is 0 Å². The number of nitrogens with zero attached hydrogens (tertiary/aromatic N) is 1. The van der Waals surface area contributed by atoms with E-state index in [0.29, 0.717) is 0 Å². The standard InChI is InChI=1S/C8H19NOSi/c1-8(10,11(2,3)4)9-6-5-7-9/h10H,5-7H2,1-4H3. The summed E-state index contributed by atoms with van der Waals surface area (Å²) < 4.78 is 0. The third-order valence-electron chi connectivity index (χ3n) is 2.89. The van der Waals surface area contributed by atoms with Gasteiger partial charge >= 0.3 is 0 Å². The van der Waals surface area contributed by atoms with E-state index in [1.165, 1.54) is 6.42 Å². The molecule has 1 fully saturated rings. The van der Waals surface area contributed by atoms with Gasteiger partial charge in [-0.1, -0.05) is 19.6 Å². The molecule has 1 atom stereocenters. The van der Waals surface area contributed by atoms with Crippen molar-refractivity contribution >= 4 is 8.07 Å². The molecular formula is C8H19NOSi. The minimum absolute atomic E-state index is 0.495. The Hall–Kier alpha value is 0.137. The van der Waals surface area contributed by atoms with Crippen LogP contribution in [0.2, 0.25) is 19.6 Å². The maximum atomic E-state index is 10.2. The Balaban J connectivity index is 2.64. The Kier molecular flexibility index (Phi) is 2.16. The number of rotatable bonds is 2. The van der Waals surface area contributed by atoms with Crippen molar-refractivity contribution in [1.29, 1.82) is 0 Å². The van der Waals surface area contributed by atoms with Crippen molar-refractivity contribution in [3.8, 4) is 0 Å². The highest BCUT2D eigenvalue weighted by Crippen LogP contribution is 2.28. The lowest BCUT2D eigenvalue weighted by Gasteiger charge is -2.49. The quantitative estimate of drug-likeness (QED) is 0.636. The van der Waals surface area contributed by atoms with Crippen LogP contribution in [0.3, 0.4) is 0 Å². The summed E-state index contributed by atoms with van der Waals surface area (Å²) in [7, 11) is -1.44. The number of hydrogen-bond acceptors (Lipinski definition) is 2. The van der Waals surface area contributed by atoms with Crippen molar-refractivity contribution in [3.63, 3.8) is 0 Å². The van der Waals surface area contributed by atoms with Gasteiger partial charge < -0.3 is 5.11 Å². The van der Waals surface area contributed by atoms with Crippen LogP contribution in [0.15, 0.2) is 0 Å². The number of aliphatic hydroxyl groups is 1. The summed E-state index contributed by atoms with van der Waals surface area (Å²) >= 11 is 0. The molecule has 0 aromatic heterocycles. The fourth-order valence-electron chi connectivity index (χ4n) is 1.23. The highest BCUT2D eigenvalue weighted by atomic mass is 28.3. The third-order valence-corrected chi connectivity index (χ3v) is 6.05. The lowest BCUT2D eigenvalue weighted by Crippen LogP contribution is -2.65.